The van der Waals surface area contributed by atoms with Crippen LogP contribution in [0.5, 0.6) is 0 Å². The summed E-state index contributed by atoms with van der Waals surface area (Å²) in [5, 5.41) is 8.67. The highest BCUT2D eigenvalue weighted by atomic mass is 35.5. The lowest BCUT2D eigenvalue weighted by atomic mass is 10.1. The number of nitrogens with one attached hydrogen (secondary N) is 1. The van der Waals surface area contributed by atoms with Crippen LogP contribution in [-0.2, 0) is 26.4 Å². The first kappa shape index (κ1) is 15.1. The molecule has 110 valence electrons. The van der Waals surface area contributed by atoms with Crippen LogP contribution in [0.25, 0.3) is 0 Å². The van der Waals surface area contributed by atoms with Gasteiger partial charge in [-0.05, 0) is 20.4 Å². The zero-order chi connectivity index (χ0) is 14.7. The van der Waals surface area contributed by atoms with Crippen LogP contribution in [0.3, 0.4) is 0 Å². The molecule has 0 aromatic carbocycles. The average Bonchev–Trinajstić information content (AvgIpc) is 3.00. The number of imidazole rings is 1. The summed E-state index contributed by atoms with van der Waals surface area (Å²) in [5.41, 5.74) is 3.07. The van der Waals surface area contributed by atoms with Gasteiger partial charge in [-0.1, -0.05) is 18.5 Å². The van der Waals surface area contributed by atoms with Crippen molar-refractivity contribution in [3.63, 3.8) is 0 Å². The maximum absolute atomic E-state index is 6.47. The lowest BCUT2D eigenvalue weighted by molar-refractivity contribution is 0.532. The van der Waals surface area contributed by atoms with E-state index in [-0.39, 0.29) is 6.04 Å². The molecule has 0 aliphatic heterocycles. The zero-order valence-corrected chi connectivity index (χ0v) is 13.3. The molecule has 2 aromatic rings. The Labute approximate surface area is 125 Å². The van der Waals surface area contributed by atoms with Crippen molar-refractivity contribution in [2.75, 3.05) is 7.05 Å². The Balaban J connectivity index is 2.29. The van der Waals surface area contributed by atoms with Gasteiger partial charge >= 0.3 is 0 Å². The summed E-state index contributed by atoms with van der Waals surface area (Å²) in [6, 6.07) is 0.139. The van der Waals surface area contributed by atoms with Gasteiger partial charge in [0.2, 0.25) is 0 Å². The third kappa shape index (κ3) is 2.88. The van der Waals surface area contributed by atoms with Gasteiger partial charge in [0.25, 0.3) is 0 Å². The van der Waals surface area contributed by atoms with Gasteiger partial charge in [-0.25, -0.2) is 4.98 Å². The van der Waals surface area contributed by atoms with Crippen LogP contribution in [0.2, 0.25) is 5.02 Å². The maximum atomic E-state index is 6.47. The molecule has 20 heavy (non-hydrogen) atoms. The first-order valence-corrected chi connectivity index (χ1v) is 7.37. The quantitative estimate of drug-likeness (QED) is 0.890. The molecule has 2 heterocycles. The molecule has 0 aliphatic rings. The summed E-state index contributed by atoms with van der Waals surface area (Å²) in [6.07, 6.45) is 5.48. The molecule has 1 atom stereocenters. The van der Waals surface area contributed by atoms with Gasteiger partial charge in [-0.2, -0.15) is 5.10 Å². The van der Waals surface area contributed by atoms with Crippen LogP contribution in [0.15, 0.2) is 12.5 Å². The monoisotopic (exact) mass is 295 g/mol. The van der Waals surface area contributed by atoms with Gasteiger partial charge in [-0.15, -0.1) is 0 Å². The molecule has 0 bridgehead atoms. The summed E-state index contributed by atoms with van der Waals surface area (Å²) in [5.74, 6) is 0. The van der Waals surface area contributed by atoms with Crippen LogP contribution in [0, 0.1) is 0 Å². The van der Waals surface area contributed by atoms with Gasteiger partial charge in [0.1, 0.15) is 0 Å². The van der Waals surface area contributed by atoms with Crippen LogP contribution in [0.4, 0.5) is 0 Å². The van der Waals surface area contributed by atoms with E-state index in [1.807, 2.05) is 35.9 Å². The van der Waals surface area contributed by atoms with Crippen molar-refractivity contribution in [3.8, 4) is 0 Å². The fraction of sp³-hybridized carbons (Fsp3) is 0.571. The van der Waals surface area contributed by atoms with E-state index >= 15 is 0 Å². The Morgan fingerprint density at radius 3 is 2.65 bits per heavy atom. The highest BCUT2D eigenvalue weighted by molar-refractivity contribution is 6.31. The van der Waals surface area contributed by atoms with Crippen LogP contribution in [-0.4, -0.2) is 26.4 Å². The van der Waals surface area contributed by atoms with E-state index < -0.39 is 0 Å². The Hall–Kier alpha value is -1.33. The Morgan fingerprint density at radius 1 is 1.40 bits per heavy atom. The third-order valence-corrected chi connectivity index (χ3v) is 3.96. The average molecular weight is 296 g/mol. The number of halogens is 1. The van der Waals surface area contributed by atoms with E-state index in [2.05, 4.69) is 29.2 Å². The second kappa shape index (κ2) is 6.41. The first-order chi connectivity index (χ1) is 9.60. The summed E-state index contributed by atoms with van der Waals surface area (Å²) in [7, 11) is 3.92. The molecule has 2 aromatic heterocycles. The van der Waals surface area contributed by atoms with E-state index in [0.717, 1.165) is 41.5 Å². The van der Waals surface area contributed by atoms with E-state index in [9.17, 15) is 0 Å². The topological polar surface area (TPSA) is 47.7 Å². The normalized spacial score (nSPS) is 12.8. The number of nitrogens with zero attached hydrogens (tertiary/aromatic N) is 4. The molecule has 6 heteroatoms. The van der Waals surface area contributed by atoms with Crippen LogP contribution in [0.1, 0.15) is 37.0 Å². The number of likely N-dealkylation sites (N-methyl/N-ethyl adjacent to an activating group) is 1. The molecule has 0 radical (unpaired) electrons. The van der Waals surface area contributed by atoms with Gasteiger partial charge in [0.15, 0.2) is 0 Å². The lowest BCUT2D eigenvalue weighted by Crippen LogP contribution is -2.21. The molecule has 0 spiro atoms. The molecule has 2 rings (SSSR count). The predicted molar refractivity (Wildman–Crippen MR) is 81.0 cm³/mol. The number of hydrogen-bond donors (Lipinski definition) is 1. The third-order valence-electron chi connectivity index (χ3n) is 3.52. The van der Waals surface area contributed by atoms with E-state index in [4.69, 9.17) is 11.6 Å². The van der Waals surface area contributed by atoms with E-state index in [0.29, 0.717) is 0 Å². The van der Waals surface area contributed by atoms with Crippen LogP contribution >= 0.6 is 11.6 Å². The molecular formula is C14H22ClN5. The largest absolute Gasteiger partial charge is 0.340 e. The summed E-state index contributed by atoms with van der Waals surface area (Å²) < 4.78 is 3.95. The molecule has 1 N–H and O–H groups in total. The van der Waals surface area contributed by atoms with Crippen molar-refractivity contribution in [1.82, 2.24) is 24.6 Å². The SMILES string of the molecule is CCc1nn(CC)c(CC(NC)c2cn(C)cn2)c1Cl. The summed E-state index contributed by atoms with van der Waals surface area (Å²) in [4.78, 5) is 4.42. The number of aryl methyl sites for hydroxylation is 3. The van der Waals surface area contributed by atoms with Gasteiger partial charge < -0.3 is 9.88 Å². The molecule has 1 unspecified atom stereocenters. The predicted octanol–water partition coefficient (Wildman–Crippen LogP) is 2.36. The highest BCUT2D eigenvalue weighted by Crippen LogP contribution is 2.26. The minimum atomic E-state index is 0.139. The second-order valence-corrected chi connectivity index (χ2v) is 5.26. The Morgan fingerprint density at radius 2 is 2.15 bits per heavy atom. The molecule has 0 saturated heterocycles. The molecule has 0 aliphatic carbocycles. The minimum Gasteiger partial charge on any atom is -0.340 e. The Kier molecular flexibility index (Phi) is 4.83. The highest BCUT2D eigenvalue weighted by Gasteiger charge is 2.20. The van der Waals surface area contributed by atoms with E-state index in [1.165, 1.54) is 0 Å². The maximum Gasteiger partial charge on any atom is 0.0947 e. The van der Waals surface area contributed by atoms with Gasteiger partial charge in [-0.3, -0.25) is 4.68 Å². The van der Waals surface area contributed by atoms with Crippen molar-refractivity contribution in [3.05, 3.63) is 34.6 Å². The molecular weight excluding hydrogens is 274 g/mol. The van der Waals surface area contributed by atoms with E-state index in [1.54, 1.807) is 0 Å². The Bertz CT molecular complexity index is 572. The summed E-state index contributed by atoms with van der Waals surface area (Å²) >= 11 is 6.47. The zero-order valence-electron chi connectivity index (χ0n) is 12.5. The number of hydrogen-bond acceptors (Lipinski definition) is 3. The first-order valence-electron chi connectivity index (χ1n) is 6.99. The van der Waals surface area contributed by atoms with Crippen molar-refractivity contribution in [2.24, 2.45) is 7.05 Å². The molecule has 0 saturated carbocycles. The van der Waals surface area contributed by atoms with Crippen molar-refractivity contribution < 1.29 is 0 Å². The van der Waals surface area contributed by atoms with Crippen LogP contribution < -0.4 is 5.32 Å². The minimum absolute atomic E-state index is 0.139. The second-order valence-electron chi connectivity index (χ2n) is 4.89. The molecule has 5 nitrogen and oxygen atoms in total. The standard InChI is InChI=1S/C14H22ClN5/c1-5-10-14(15)13(20(6-2)18-10)7-11(16-3)12-8-19(4)9-17-12/h8-9,11,16H,5-7H2,1-4H3. The van der Waals surface area contributed by atoms with Crippen molar-refractivity contribution in [1.29, 1.82) is 0 Å². The van der Waals surface area contributed by atoms with Crippen molar-refractivity contribution >= 4 is 11.6 Å². The fourth-order valence-electron chi connectivity index (χ4n) is 2.37. The summed E-state index contributed by atoms with van der Waals surface area (Å²) in [6.45, 7) is 4.99. The fourth-order valence-corrected chi connectivity index (χ4v) is 2.72. The van der Waals surface area contributed by atoms with Crippen molar-refractivity contribution in [2.45, 2.75) is 39.3 Å². The number of aromatic nitrogens is 4. The molecule has 0 fully saturated rings. The smallest absolute Gasteiger partial charge is 0.0947 e. The number of rotatable bonds is 6. The molecule has 0 amide bonds. The lowest BCUT2D eigenvalue weighted by Gasteiger charge is -2.15. The van der Waals surface area contributed by atoms with Gasteiger partial charge in [0.05, 0.1) is 34.5 Å². The van der Waals surface area contributed by atoms with Gasteiger partial charge in [0, 0.05) is 26.2 Å².